The van der Waals surface area contributed by atoms with Crippen LogP contribution in [0.15, 0.2) is 18.2 Å². The molecule has 0 aromatic heterocycles. The third-order valence-corrected chi connectivity index (χ3v) is 3.14. The third-order valence-electron chi connectivity index (χ3n) is 2.47. The molecule has 0 spiro atoms. The van der Waals surface area contributed by atoms with Crippen molar-refractivity contribution in [3.05, 3.63) is 27.3 Å². The molecule has 68 valence electrons. The lowest BCUT2D eigenvalue weighted by Gasteiger charge is -2.14. The summed E-state index contributed by atoms with van der Waals surface area (Å²) < 4.78 is 1.15. The molecule has 0 radical (unpaired) electrons. The first-order valence-electron chi connectivity index (χ1n) is 4.13. The van der Waals surface area contributed by atoms with E-state index in [0.717, 1.165) is 14.8 Å². The molecule has 2 nitrogen and oxygen atoms in total. The first kappa shape index (κ1) is 8.99. The van der Waals surface area contributed by atoms with Gasteiger partial charge in [0, 0.05) is 9.26 Å². The van der Waals surface area contributed by atoms with E-state index in [1.165, 1.54) is 0 Å². The highest BCUT2D eigenvalue weighted by molar-refractivity contribution is 14.1. The molecule has 0 saturated heterocycles. The normalized spacial score (nSPS) is 18.2. The lowest BCUT2D eigenvalue weighted by molar-refractivity contribution is -0.119. The Morgan fingerprint density at radius 2 is 2.08 bits per heavy atom. The molecule has 1 aromatic carbocycles. The fourth-order valence-electron chi connectivity index (χ4n) is 1.57. The highest BCUT2D eigenvalue weighted by Gasteiger charge is 2.37. The van der Waals surface area contributed by atoms with Gasteiger partial charge in [-0.05, 0) is 54.1 Å². The number of rotatable bonds is 0. The van der Waals surface area contributed by atoms with Gasteiger partial charge in [-0.3, -0.25) is 4.79 Å². The molecule has 2 rings (SSSR count). The Labute approximate surface area is 90.9 Å². The van der Waals surface area contributed by atoms with Crippen LogP contribution in [0.3, 0.4) is 0 Å². The maximum Gasteiger partial charge on any atom is 0.234 e. The molecule has 3 heteroatoms. The molecule has 1 amide bonds. The van der Waals surface area contributed by atoms with Crippen molar-refractivity contribution in [2.75, 3.05) is 5.32 Å². The molecular weight excluding hydrogens is 277 g/mol. The first-order chi connectivity index (χ1) is 6.01. The van der Waals surface area contributed by atoms with E-state index >= 15 is 0 Å². The zero-order chi connectivity index (χ0) is 9.64. The highest BCUT2D eigenvalue weighted by atomic mass is 127. The van der Waals surface area contributed by atoms with E-state index in [1.54, 1.807) is 0 Å². The Morgan fingerprint density at radius 3 is 2.77 bits per heavy atom. The maximum absolute atomic E-state index is 11.6. The fourth-order valence-corrected chi connectivity index (χ4v) is 2.06. The predicted molar refractivity (Wildman–Crippen MR) is 60.8 cm³/mol. The minimum atomic E-state index is -0.375. The number of carbonyl (C=O) groups is 1. The van der Waals surface area contributed by atoms with Crippen molar-refractivity contribution in [1.82, 2.24) is 0 Å². The van der Waals surface area contributed by atoms with Crippen LogP contribution in [0.25, 0.3) is 0 Å². The van der Waals surface area contributed by atoms with Crippen molar-refractivity contribution in [2.45, 2.75) is 19.3 Å². The average Bonchev–Trinajstić information content (AvgIpc) is 2.23. The summed E-state index contributed by atoms with van der Waals surface area (Å²) in [6.45, 7) is 3.89. The van der Waals surface area contributed by atoms with Gasteiger partial charge in [0.2, 0.25) is 5.91 Å². The van der Waals surface area contributed by atoms with Crippen LogP contribution in [0.1, 0.15) is 19.4 Å². The van der Waals surface area contributed by atoms with Crippen LogP contribution in [0.2, 0.25) is 0 Å². The average molecular weight is 287 g/mol. The summed E-state index contributed by atoms with van der Waals surface area (Å²) in [5, 5.41) is 2.88. The van der Waals surface area contributed by atoms with E-state index in [-0.39, 0.29) is 11.3 Å². The van der Waals surface area contributed by atoms with Crippen LogP contribution in [-0.4, -0.2) is 5.91 Å². The van der Waals surface area contributed by atoms with Crippen molar-refractivity contribution >= 4 is 34.2 Å². The lowest BCUT2D eigenvalue weighted by atomic mass is 9.86. The Morgan fingerprint density at radius 1 is 1.38 bits per heavy atom. The van der Waals surface area contributed by atoms with Crippen molar-refractivity contribution in [1.29, 1.82) is 0 Å². The summed E-state index contributed by atoms with van der Waals surface area (Å²) >= 11 is 2.24. The molecule has 1 N–H and O–H groups in total. The molecule has 1 aromatic rings. The Bertz CT molecular complexity index is 385. The second-order valence-corrected chi connectivity index (χ2v) is 5.01. The monoisotopic (exact) mass is 287 g/mol. The molecule has 1 heterocycles. The van der Waals surface area contributed by atoms with Crippen LogP contribution in [0.5, 0.6) is 0 Å². The minimum absolute atomic E-state index is 0.0875. The van der Waals surface area contributed by atoms with E-state index in [4.69, 9.17) is 0 Å². The lowest BCUT2D eigenvalue weighted by Crippen LogP contribution is -2.26. The summed E-state index contributed by atoms with van der Waals surface area (Å²) in [5.74, 6) is 0.0875. The van der Waals surface area contributed by atoms with Crippen molar-refractivity contribution < 1.29 is 4.79 Å². The van der Waals surface area contributed by atoms with Gasteiger partial charge in [-0.25, -0.2) is 0 Å². The fraction of sp³-hybridized carbons (Fsp3) is 0.300. The molecule has 1 aliphatic heterocycles. The predicted octanol–water partition coefficient (Wildman–Crippen LogP) is 2.52. The molecule has 0 bridgehead atoms. The molecule has 0 fully saturated rings. The number of amides is 1. The Balaban J connectivity index is 2.62. The van der Waals surface area contributed by atoms with Crippen LogP contribution >= 0.6 is 22.6 Å². The SMILES string of the molecule is CC1(C)C(=O)Nc2cc(I)ccc21. The van der Waals surface area contributed by atoms with Crippen LogP contribution in [0, 0.1) is 3.57 Å². The van der Waals surface area contributed by atoms with Gasteiger partial charge in [-0.2, -0.15) is 0 Å². The Kier molecular flexibility index (Phi) is 1.87. The number of halogens is 1. The van der Waals surface area contributed by atoms with E-state index < -0.39 is 0 Å². The zero-order valence-electron chi connectivity index (χ0n) is 7.52. The zero-order valence-corrected chi connectivity index (χ0v) is 9.68. The number of hydrogen-bond donors (Lipinski definition) is 1. The topological polar surface area (TPSA) is 29.1 Å². The van der Waals surface area contributed by atoms with Gasteiger partial charge < -0.3 is 5.32 Å². The number of hydrogen-bond acceptors (Lipinski definition) is 1. The number of carbonyl (C=O) groups excluding carboxylic acids is 1. The van der Waals surface area contributed by atoms with Crippen LogP contribution in [0.4, 0.5) is 5.69 Å². The highest BCUT2D eigenvalue weighted by Crippen LogP contribution is 2.37. The van der Waals surface area contributed by atoms with Gasteiger partial charge in [0.05, 0.1) is 5.41 Å². The summed E-state index contributed by atoms with van der Waals surface area (Å²) in [7, 11) is 0. The van der Waals surface area contributed by atoms with Gasteiger partial charge >= 0.3 is 0 Å². The molecule has 0 atom stereocenters. The third kappa shape index (κ3) is 1.25. The molecule has 0 saturated carbocycles. The standard InChI is InChI=1S/C10H10INO/c1-10(2)7-4-3-6(11)5-8(7)12-9(10)13/h3-5H,1-2H3,(H,12,13). The van der Waals surface area contributed by atoms with Gasteiger partial charge in [0.15, 0.2) is 0 Å². The second-order valence-electron chi connectivity index (χ2n) is 3.77. The van der Waals surface area contributed by atoms with E-state index in [0.29, 0.717) is 0 Å². The van der Waals surface area contributed by atoms with Crippen LogP contribution < -0.4 is 5.32 Å². The quantitative estimate of drug-likeness (QED) is 0.730. The second kappa shape index (κ2) is 2.70. The maximum atomic E-state index is 11.6. The van der Waals surface area contributed by atoms with E-state index in [1.807, 2.05) is 32.0 Å². The van der Waals surface area contributed by atoms with Gasteiger partial charge in [0.1, 0.15) is 0 Å². The molecule has 13 heavy (non-hydrogen) atoms. The van der Waals surface area contributed by atoms with Gasteiger partial charge in [0.25, 0.3) is 0 Å². The van der Waals surface area contributed by atoms with E-state index in [9.17, 15) is 4.79 Å². The number of fused-ring (bicyclic) bond motifs is 1. The molecule has 0 unspecified atom stereocenters. The van der Waals surface area contributed by atoms with Crippen LogP contribution in [-0.2, 0) is 10.2 Å². The van der Waals surface area contributed by atoms with Crippen molar-refractivity contribution in [2.24, 2.45) is 0 Å². The summed E-state index contributed by atoms with van der Waals surface area (Å²) in [5.41, 5.74) is 1.68. The summed E-state index contributed by atoms with van der Waals surface area (Å²) in [4.78, 5) is 11.6. The summed E-state index contributed by atoms with van der Waals surface area (Å²) in [6, 6.07) is 6.05. The van der Waals surface area contributed by atoms with Gasteiger partial charge in [-0.15, -0.1) is 0 Å². The van der Waals surface area contributed by atoms with Crippen molar-refractivity contribution in [3.63, 3.8) is 0 Å². The molecule has 0 aliphatic carbocycles. The molecule has 1 aliphatic rings. The smallest absolute Gasteiger partial charge is 0.234 e. The van der Waals surface area contributed by atoms with Gasteiger partial charge in [-0.1, -0.05) is 6.07 Å². The minimum Gasteiger partial charge on any atom is -0.325 e. The van der Waals surface area contributed by atoms with Crippen molar-refractivity contribution in [3.8, 4) is 0 Å². The Hall–Kier alpha value is -0.580. The number of nitrogens with one attached hydrogen (secondary N) is 1. The first-order valence-corrected chi connectivity index (χ1v) is 5.21. The number of benzene rings is 1. The number of anilines is 1. The molecular formula is C10H10INO. The summed E-state index contributed by atoms with van der Waals surface area (Å²) in [6.07, 6.45) is 0. The van der Waals surface area contributed by atoms with E-state index in [2.05, 4.69) is 27.9 Å². The largest absolute Gasteiger partial charge is 0.325 e.